The van der Waals surface area contributed by atoms with Crippen molar-refractivity contribution in [3.63, 3.8) is 0 Å². The lowest BCUT2D eigenvalue weighted by molar-refractivity contribution is 0.302. The summed E-state index contributed by atoms with van der Waals surface area (Å²) in [5.74, 6) is 0.727. The number of aryl methyl sites for hydroxylation is 1. The predicted octanol–water partition coefficient (Wildman–Crippen LogP) is 8.16. The molecule has 3 aromatic rings. The van der Waals surface area contributed by atoms with Crippen molar-refractivity contribution in [3.8, 4) is 5.75 Å². The quantitative estimate of drug-likeness (QED) is 0.307. The molecule has 0 atom stereocenters. The largest absolute Gasteiger partial charge is 0.487 e. The first-order valence-corrected chi connectivity index (χ1v) is 10.4. The second-order valence-corrected chi connectivity index (χ2v) is 8.48. The second-order valence-electron chi connectivity index (χ2n) is 5.92. The highest BCUT2D eigenvalue weighted by Gasteiger charge is 2.09. The first-order chi connectivity index (χ1) is 12.9. The third-order valence-electron chi connectivity index (χ3n) is 3.81. The molecule has 2 nitrogen and oxygen atoms in total. The minimum Gasteiger partial charge on any atom is -0.487 e. The van der Waals surface area contributed by atoms with Gasteiger partial charge in [-0.15, -0.1) is 0 Å². The fourth-order valence-electron chi connectivity index (χ4n) is 2.39. The molecular weight excluding hydrogens is 513 g/mol. The van der Waals surface area contributed by atoms with Crippen LogP contribution in [0.15, 0.2) is 68.5 Å². The fraction of sp³-hybridized carbons (Fsp3) is 0.0952. The molecule has 6 heteroatoms. The number of aliphatic imine (C=N–C) groups is 1. The van der Waals surface area contributed by atoms with Crippen LogP contribution >= 0.6 is 55.1 Å². The van der Waals surface area contributed by atoms with E-state index in [4.69, 9.17) is 27.9 Å². The van der Waals surface area contributed by atoms with Crippen molar-refractivity contribution >= 4 is 67.0 Å². The predicted molar refractivity (Wildman–Crippen MR) is 121 cm³/mol. The average molecular weight is 528 g/mol. The van der Waals surface area contributed by atoms with Gasteiger partial charge in [-0.2, -0.15) is 0 Å². The van der Waals surface area contributed by atoms with Crippen LogP contribution in [0.25, 0.3) is 0 Å². The van der Waals surface area contributed by atoms with Gasteiger partial charge >= 0.3 is 0 Å². The van der Waals surface area contributed by atoms with E-state index in [0.29, 0.717) is 16.7 Å². The van der Waals surface area contributed by atoms with E-state index < -0.39 is 0 Å². The van der Waals surface area contributed by atoms with E-state index in [1.165, 1.54) is 0 Å². The van der Waals surface area contributed by atoms with Crippen molar-refractivity contribution in [2.75, 3.05) is 0 Å². The van der Waals surface area contributed by atoms with E-state index >= 15 is 0 Å². The molecule has 138 valence electrons. The SMILES string of the molecule is Cc1ccc(N=Cc2cc(Br)c(OCc3cccc(Cl)c3)c(Br)c2)cc1Cl. The van der Waals surface area contributed by atoms with Gasteiger partial charge in [0.2, 0.25) is 0 Å². The summed E-state index contributed by atoms with van der Waals surface area (Å²) in [4.78, 5) is 4.49. The minimum atomic E-state index is 0.424. The third-order valence-corrected chi connectivity index (χ3v) is 5.63. The number of ether oxygens (including phenoxy) is 1. The maximum atomic E-state index is 6.15. The van der Waals surface area contributed by atoms with E-state index in [1.807, 2.05) is 61.5 Å². The van der Waals surface area contributed by atoms with E-state index in [0.717, 1.165) is 37.1 Å². The molecule has 0 radical (unpaired) electrons. The van der Waals surface area contributed by atoms with Crippen LogP contribution in [0.2, 0.25) is 10.0 Å². The first kappa shape index (κ1) is 20.4. The number of benzene rings is 3. The molecule has 0 saturated carbocycles. The number of halogens is 4. The third kappa shape index (κ3) is 5.58. The van der Waals surface area contributed by atoms with Gasteiger partial charge in [0, 0.05) is 16.3 Å². The number of rotatable bonds is 5. The Hall–Kier alpha value is -1.33. The Morgan fingerprint density at radius 2 is 1.74 bits per heavy atom. The van der Waals surface area contributed by atoms with Gasteiger partial charge in [-0.25, -0.2) is 0 Å². The molecule has 0 N–H and O–H groups in total. The minimum absolute atomic E-state index is 0.424. The molecule has 0 unspecified atom stereocenters. The molecule has 0 fully saturated rings. The lowest BCUT2D eigenvalue weighted by Gasteiger charge is -2.11. The molecule has 0 bridgehead atoms. The van der Waals surface area contributed by atoms with Gasteiger partial charge in [0.15, 0.2) is 0 Å². The summed E-state index contributed by atoms with van der Waals surface area (Å²) in [5, 5.41) is 1.40. The zero-order chi connectivity index (χ0) is 19.4. The summed E-state index contributed by atoms with van der Waals surface area (Å²) in [6.07, 6.45) is 1.79. The van der Waals surface area contributed by atoms with Crippen LogP contribution in [0.5, 0.6) is 5.75 Å². The van der Waals surface area contributed by atoms with Gasteiger partial charge in [0.05, 0.1) is 14.6 Å². The highest BCUT2D eigenvalue weighted by atomic mass is 79.9. The van der Waals surface area contributed by atoms with Crippen LogP contribution in [-0.2, 0) is 6.61 Å². The summed E-state index contributed by atoms with van der Waals surface area (Å²) in [6, 6.07) is 17.2. The van der Waals surface area contributed by atoms with Gasteiger partial charge < -0.3 is 4.74 Å². The van der Waals surface area contributed by atoms with Gasteiger partial charge in [0.25, 0.3) is 0 Å². The smallest absolute Gasteiger partial charge is 0.148 e. The molecule has 0 heterocycles. The molecule has 0 aliphatic rings. The molecular formula is C21H15Br2Cl2NO. The van der Waals surface area contributed by atoms with Crippen molar-refractivity contribution < 1.29 is 4.74 Å². The number of hydrogen-bond acceptors (Lipinski definition) is 2. The fourth-order valence-corrected chi connectivity index (χ4v) is 4.22. The Morgan fingerprint density at radius 1 is 1.00 bits per heavy atom. The van der Waals surface area contributed by atoms with Gasteiger partial charge in [-0.05, 0) is 91.9 Å². The molecule has 0 aliphatic carbocycles. The lowest BCUT2D eigenvalue weighted by Crippen LogP contribution is -1.97. The molecule has 27 heavy (non-hydrogen) atoms. The number of hydrogen-bond donors (Lipinski definition) is 0. The van der Waals surface area contributed by atoms with Crippen molar-refractivity contribution in [1.29, 1.82) is 0 Å². The molecule has 3 aromatic carbocycles. The highest BCUT2D eigenvalue weighted by Crippen LogP contribution is 2.35. The number of nitrogens with zero attached hydrogens (tertiary/aromatic N) is 1. The Labute approximate surface area is 185 Å². The van der Waals surface area contributed by atoms with Crippen LogP contribution in [0, 0.1) is 6.92 Å². The van der Waals surface area contributed by atoms with Crippen molar-refractivity contribution in [2.45, 2.75) is 13.5 Å². The molecule has 0 aliphatic heterocycles. The molecule has 0 amide bonds. The summed E-state index contributed by atoms with van der Waals surface area (Å²) in [5.41, 5.74) is 3.77. The Bertz CT molecular complexity index is 982. The first-order valence-electron chi connectivity index (χ1n) is 8.09. The molecule has 0 aromatic heterocycles. The summed E-state index contributed by atoms with van der Waals surface area (Å²) >= 11 is 19.3. The second kappa shape index (κ2) is 9.24. The van der Waals surface area contributed by atoms with E-state index in [1.54, 1.807) is 6.21 Å². The Balaban J connectivity index is 1.75. The maximum absolute atomic E-state index is 6.15. The molecule has 3 rings (SSSR count). The molecule has 0 saturated heterocycles. The topological polar surface area (TPSA) is 21.6 Å². The summed E-state index contributed by atoms with van der Waals surface area (Å²) in [7, 11) is 0. The van der Waals surface area contributed by atoms with Crippen molar-refractivity contribution in [2.24, 2.45) is 4.99 Å². The van der Waals surface area contributed by atoms with Crippen molar-refractivity contribution in [3.05, 3.63) is 90.3 Å². The zero-order valence-electron chi connectivity index (χ0n) is 14.3. The zero-order valence-corrected chi connectivity index (χ0v) is 19.0. The van der Waals surface area contributed by atoms with E-state index in [-0.39, 0.29) is 0 Å². The summed E-state index contributed by atoms with van der Waals surface area (Å²) in [6.45, 7) is 2.39. The summed E-state index contributed by atoms with van der Waals surface area (Å²) < 4.78 is 7.61. The Kier molecular flexibility index (Phi) is 6.99. The van der Waals surface area contributed by atoms with Crippen LogP contribution in [0.1, 0.15) is 16.7 Å². The lowest BCUT2D eigenvalue weighted by atomic mass is 10.2. The average Bonchev–Trinajstić information content (AvgIpc) is 2.62. The van der Waals surface area contributed by atoms with Gasteiger partial charge in [0.1, 0.15) is 12.4 Å². The Morgan fingerprint density at radius 3 is 2.41 bits per heavy atom. The standard InChI is InChI=1S/C21H15Br2Cl2NO/c1-13-5-6-17(10-20(13)25)26-11-15-8-18(22)21(19(23)9-15)27-12-14-3-2-4-16(24)7-14/h2-11H,12H2,1H3. The maximum Gasteiger partial charge on any atom is 0.148 e. The monoisotopic (exact) mass is 525 g/mol. The molecule has 0 spiro atoms. The normalized spacial score (nSPS) is 11.1. The van der Waals surface area contributed by atoms with Crippen LogP contribution < -0.4 is 4.74 Å². The van der Waals surface area contributed by atoms with Gasteiger partial charge in [-0.1, -0.05) is 41.4 Å². The highest BCUT2D eigenvalue weighted by molar-refractivity contribution is 9.11. The van der Waals surface area contributed by atoms with Crippen molar-refractivity contribution in [1.82, 2.24) is 0 Å². The van der Waals surface area contributed by atoms with Crippen LogP contribution in [0.3, 0.4) is 0 Å². The van der Waals surface area contributed by atoms with E-state index in [2.05, 4.69) is 36.9 Å². The van der Waals surface area contributed by atoms with Gasteiger partial charge in [-0.3, -0.25) is 4.99 Å². The van der Waals surface area contributed by atoms with Crippen LogP contribution in [-0.4, -0.2) is 6.21 Å². The van der Waals surface area contributed by atoms with Crippen LogP contribution in [0.4, 0.5) is 5.69 Å². The van der Waals surface area contributed by atoms with E-state index in [9.17, 15) is 0 Å².